The van der Waals surface area contributed by atoms with Gasteiger partial charge in [0.15, 0.2) is 0 Å². The lowest BCUT2D eigenvalue weighted by Crippen LogP contribution is -2.49. The molecule has 2 rings (SSSR count). The Morgan fingerprint density at radius 3 is 2.46 bits per heavy atom. The van der Waals surface area contributed by atoms with Crippen molar-refractivity contribution in [2.45, 2.75) is 45.4 Å². The molecule has 1 aliphatic heterocycles. The molecule has 5 heteroatoms. The summed E-state index contributed by atoms with van der Waals surface area (Å²) in [5, 5.41) is 10.1. The molecule has 1 fully saturated rings. The number of hydrogen-bond acceptors (Lipinski definition) is 4. The van der Waals surface area contributed by atoms with Gasteiger partial charge in [-0.1, -0.05) is 12.1 Å². The van der Waals surface area contributed by atoms with Gasteiger partial charge in [-0.3, -0.25) is 9.80 Å². The molecule has 4 nitrogen and oxygen atoms in total. The summed E-state index contributed by atoms with van der Waals surface area (Å²) < 4.78 is 19.0. The van der Waals surface area contributed by atoms with Gasteiger partial charge in [0.1, 0.15) is 5.82 Å². The second-order valence-corrected chi connectivity index (χ2v) is 7.64. The van der Waals surface area contributed by atoms with Crippen molar-refractivity contribution in [3.05, 3.63) is 35.6 Å². The van der Waals surface area contributed by atoms with E-state index < -0.39 is 6.10 Å². The maximum Gasteiger partial charge on any atom is 0.123 e. The predicted octanol–water partition coefficient (Wildman–Crippen LogP) is 2.68. The van der Waals surface area contributed by atoms with Gasteiger partial charge in [-0.2, -0.15) is 0 Å². The number of ether oxygens (including phenoxy) is 1. The quantitative estimate of drug-likeness (QED) is 0.865. The summed E-state index contributed by atoms with van der Waals surface area (Å²) in [5.74, 6) is -0.181. The Hall–Kier alpha value is -1.01. The van der Waals surface area contributed by atoms with Crippen LogP contribution in [0, 0.1) is 5.82 Å². The summed E-state index contributed by atoms with van der Waals surface area (Å²) >= 11 is 0. The molecule has 1 aromatic carbocycles. The molecule has 1 saturated heterocycles. The zero-order valence-corrected chi connectivity index (χ0v) is 15.3. The summed E-state index contributed by atoms with van der Waals surface area (Å²) in [7, 11) is 0. The third-order valence-electron chi connectivity index (χ3n) is 4.46. The highest BCUT2D eigenvalue weighted by Gasteiger charge is 2.24. The number of hydrogen-bond donors (Lipinski definition) is 1. The van der Waals surface area contributed by atoms with Crippen molar-refractivity contribution < 1.29 is 14.2 Å². The van der Waals surface area contributed by atoms with Crippen molar-refractivity contribution in [2.75, 3.05) is 39.3 Å². The van der Waals surface area contributed by atoms with Gasteiger partial charge in [-0.05, 0) is 45.4 Å². The molecule has 1 aromatic rings. The van der Waals surface area contributed by atoms with Gasteiger partial charge in [0.25, 0.3) is 0 Å². The zero-order valence-electron chi connectivity index (χ0n) is 15.3. The molecule has 2 unspecified atom stereocenters. The Balaban J connectivity index is 1.77. The number of β-amino-alcohol motifs (C(OH)–C–C–N with tert-alkyl or cyclic N) is 1. The SMILES string of the molecule is CC(c1cccc(F)c1)N1CCN(CC(O)COC(C)(C)C)CC1. The highest BCUT2D eigenvalue weighted by Crippen LogP contribution is 2.22. The second kappa shape index (κ2) is 8.39. The maximum absolute atomic E-state index is 13.4. The minimum absolute atomic E-state index is 0.181. The average molecular weight is 338 g/mol. The van der Waals surface area contributed by atoms with E-state index in [1.807, 2.05) is 26.8 Å². The first kappa shape index (κ1) is 19.3. The minimum Gasteiger partial charge on any atom is -0.389 e. The Kier molecular flexibility index (Phi) is 6.75. The fourth-order valence-corrected chi connectivity index (χ4v) is 3.01. The van der Waals surface area contributed by atoms with Crippen LogP contribution in [0.4, 0.5) is 4.39 Å². The highest BCUT2D eigenvalue weighted by atomic mass is 19.1. The van der Waals surface area contributed by atoms with Crippen LogP contribution in [0.2, 0.25) is 0 Å². The first-order chi connectivity index (χ1) is 11.2. The summed E-state index contributed by atoms with van der Waals surface area (Å²) in [6.07, 6.45) is -0.462. The van der Waals surface area contributed by atoms with Crippen LogP contribution < -0.4 is 0 Å². The second-order valence-electron chi connectivity index (χ2n) is 7.64. The zero-order chi connectivity index (χ0) is 17.7. The molecule has 1 N–H and O–H groups in total. The Labute approximate surface area is 145 Å². The normalized spacial score (nSPS) is 20.1. The molecule has 1 heterocycles. The fourth-order valence-electron chi connectivity index (χ4n) is 3.01. The van der Waals surface area contributed by atoms with E-state index in [1.54, 1.807) is 12.1 Å². The molecular formula is C19H31FN2O2. The topological polar surface area (TPSA) is 35.9 Å². The van der Waals surface area contributed by atoms with E-state index in [0.29, 0.717) is 13.2 Å². The van der Waals surface area contributed by atoms with Gasteiger partial charge in [-0.15, -0.1) is 0 Å². The lowest BCUT2D eigenvalue weighted by Gasteiger charge is -2.39. The summed E-state index contributed by atoms with van der Waals surface area (Å²) in [6.45, 7) is 12.8. The minimum atomic E-state index is -0.462. The maximum atomic E-state index is 13.4. The van der Waals surface area contributed by atoms with E-state index >= 15 is 0 Å². The molecule has 0 amide bonds. The molecule has 24 heavy (non-hydrogen) atoms. The Bertz CT molecular complexity index is 510. The lowest BCUT2D eigenvalue weighted by atomic mass is 10.1. The van der Waals surface area contributed by atoms with Crippen molar-refractivity contribution >= 4 is 0 Å². The largest absolute Gasteiger partial charge is 0.389 e. The molecule has 0 radical (unpaired) electrons. The van der Waals surface area contributed by atoms with Crippen molar-refractivity contribution in [1.82, 2.24) is 9.80 Å². The molecule has 1 aliphatic rings. The van der Waals surface area contributed by atoms with Gasteiger partial charge in [-0.25, -0.2) is 4.39 Å². The third-order valence-corrected chi connectivity index (χ3v) is 4.46. The van der Waals surface area contributed by atoms with E-state index in [-0.39, 0.29) is 17.5 Å². The smallest absolute Gasteiger partial charge is 0.123 e. The number of benzene rings is 1. The van der Waals surface area contributed by atoms with Gasteiger partial charge in [0.05, 0.1) is 18.3 Å². The summed E-state index contributed by atoms with van der Waals surface area (Å²) in [6, 6.07) is 7.05. The molecule has 136 valence electrons. The van der Waals surface area contributed by atoms with Crippen LogP contribution >= 0.6 is 0 Å². The van der Waals surface area contributed by atoms with Crippen LogP contribution in [0.5, 0.6) is 0 Å². The van der Waals surface area contributed by atoms with E-state index in [2.05, 4.69) is 16.7 Å². The van der Waals surface area contributed by atoms with E-state index in [9.17, 15) is 9.50 Å². The molecule has 2 atom stereocenters. The number of aliphatic hydroxyl groups is 1. The van der Waals surface area contributed by atoms with Crippen LogP contribution in [0.3, 0.4) is 0 Å². The molecule has 0 aliphatic carbocycles. The lowest BCUT2D eigenvalue weighted by molar-refractivity contribution is -0.0592. The number of piperazine rings is 1. The number of nitrogens with zero attached hydrogens (tertiary/aromatic N) is 2. The number of rotatable bonds is 6. The first-order valence-electron chi connectivity index (χ1n) is 8.78. The summed E-state index contributed by atoms with van der Waals surface area (Å²) in [5.41, 5.74) is 0.794. The van der Waals surface area contributed by atoms with Crippen LogP contribution in [0.1, 0.15) is 39.3 Å². The Morgan fingerprint density at radius 1 is 1.21 bits per heavy atom. The van der Waals surface area contributed by atoms with Crippen molar-refractivity contribution in [2.24, 2.45) is 0 Å². The summed E-state index contributed by atoms with van der Waals surface area (Å²) in [4.78, 5) is 4.63. The van der Waals surface area contributed by atoms with Crippen LogP contribution in [0.25, 0.3) is 0 Å². The molecule has 0 spiro atoms. The van der Waals surface area contributed by atoms with Crippen molar-refractivity contribution in [3.63, 3.8) is 0 Å². The van der Waals surface area contributed by atoms with Gasteiger partial charge >= 0.3 is 0 Å². The van der Waals surface area contributed by atoms with Crippen molar-refractivity contribution in [1.29, 1.82) is 0 Å². The predicted molar refractivity (Wildman–Crippen MR) is 94.5 cm³/mol. The monoisotopic (exact) mass is 338 g/mol. The molecule has 0 aromatic heterocycles. The Morgan fingerprint density at radius 2 is 1.88 bits per heavy atom. The first-order valence-corrected chi connectivity index (χ1v) is 8.78. The van der Waals surface area contributed by atoms with E-state index in [4.69, 9.17) is 4.74 Å². The standard InChI is InChI=1S/C19H31FN2O2/c1-15(16-6-5-7-17(20)12-16)22-10-8-21(9-11-22)13-18(23)14-24-19(2,3)4/h5-7,12,15,18,23H,8-11,13-14H2,1-4H3. The van der Waals surface area contributed by atoms with E-state index in [1.165, 1.54) is 6.07 Å². The number of aliphatic hydroxyl groups excluding tert-OH is 1. The van der Waals surface area contributed by atoms with Crippen LogP contribution in [-0.2, 0) is 4.74 Å². The third kappa shape index (κ3) is 6.13. The molecule has 0 saturated carbocycles. The molecule has 0 bridgehead atoms. The van der Waals surface area contributed by atoms with Gasteiger partial charge in [0, 0.05) is 38.8 Å². The number of halogens is 1. The van der Waals surface area contributed by atoms with Gasteiger partial charge in [0.2, 0.25) is 0 Å². The van der Waals surface area contributed by atoms with Gasteiger partial charge < -0.3 is 9.84 Å². The fraction of sp³-hybridized carbons (Fsp3) is 0.684. The van der Waals surface area contributed by atoms with E-state index in [0.717, 1.165) is 31.7 Å². The molecular weight excluding hydrogens is 307 g/mol. The van der Waals surface area contributed by atoms with Crippen molar-refractivity contribution in [3.8, 4) is 0 Å². The van der Waals surface area contributed by atoms with Crippen LogP contribution in [-0.4, -0.2) is 65.9 Å². The average Bonchev–Trinajstić information content (AvgIpc) is 2.52. The highest BCUT2D eigenvalue weighted by molar-refractivity contribution is 5.19. The van der Waals surface area contributed by atoms with Crippen LogP contribution in [0.15, 0.2) is 24.3 Å².